The maximum Gasteiger partial charge on any atom is 0.264 e. The molecule has 4 heterocycles. The van der Waals surface area contributed by atoms with E-state index in [0.717, 1.165) is 12.2 Å². The number of ether oxygens (including phenoxy) is 2. The topological polar surface area (TPSA) is 159 Å². The molecule has 0 radical (unpaired) electrons. The first-order valence-corrected chi connectivity index (χ1v) is 21.5. The van der Waals surface area contributed by atoms with Gasteiger partial charge in [-0.1, -0.05) is 44.0 Å². The number of halogens is 2. The number of nitrogens with zero attached hydrogens (tertiary/aromatic N) is 5. The first kappa shape index (κ1) is 41.2. The third-order valence-corrected chi connectivity index (χ3v) is 10.8. The van der Waals surface area contributed by atoms with Crippen molar-refractivity contribution >= 4 is 73.5 Å². The summed E-state index contributed by atoms with van der Waals surface area (Å²) in [4.78, 5) is 52.3. The molecule has 294 valence electrons. The molecule has 4 N–H and O–H groups in total. The van der Waals surface area contributed by atoms with Crippen molar-refractivity contribution < 1.29 is 19.1 Å². The number of primary amides is 1. The second kappa shape index (κ2) is 16.0. The van der Waals surface area contributed by atoms with Crippen molar-refractivity contribution in [2.75, 3.05) is 73.0 Å². The smallest absolute Gasteiger partial charge is 0.264 e. The van der Waals surface area contributed by atoms with E-state index in [1.54, 1.807) is 36.0 Å². The molecule has 0 aliphatic carbocycles. The monoisotopic (exact) mass is 802 g/mol. The summed E-state index contributed by atoms with van der Waals surface area (Å²) in [5.41, 5.74) is 6.63. The van der Waals surface area contributed by atoms with Gasteiger partial charge >= 0.3 is 0 Å². The summed E-state index contributed by atoms with van der Waals surface area (Å²) in [5.74, 6) is 0.835. The lowest BCUT2D eigenvalue weighted by Crippen LogP contribution is -2.38. The molecule has 13 nitrogen and oxygen atoms in total. The first-order valence-electron chi connectivity index (χ1n) is 17.7. The lowest BCUT2D eigenvalue weighted by atomic mass is 9.82. The number of aromatic nitrogens is 4. The second-order valence-electron chi connectivity index (χ2n) is 16.4. The lowest BCUT2D eigenvalue weighted by Gasteiger charge is -2.34. The number of nitrogens with two attached hydrogens (primary N) is 1. The normalized spacial score (nSPS) is 14.3. The Morgan fingerprint density at radius 1 is 1.06 bits per heavy atom. The van der Waals surface area contributed by atoms with Gasteiger partial charge in [-0.3, -0.25) is 19.0 Å². The molecule has 54 heavy (non-hydrogen) atoms. The fraction of sp³-hybridized carbons (Fsp3) is 0.500. The van der Waals surface area contributed by atoms with Gasteiger partial charge < -0.3 is 35.3 Å². The van der Waals surface area contributed by atoms with Gasteiger partial charge in [0.25, 0.3) is 11.5 Å². The minimum Gasteiger partial charge on any atom is -0.490 e. The van der Waals surface area contributed by atoms with Crippen molar-refractivity contribution in [2.24, 2.45) is 18.2 Å². The van der Waals surface area contributed by atoms with Gasteiger partial charge in [-0.25, -0.2) is 15.0 Å². The van der Waals surface area contributed by atoms with Crippen molar-refractivity contribution in [3.8, 4) is 16.9 Å². The number of nitrogens with one attached hydrogen (secondary N) is 2. The van der Waals surface area contributed by atoms with Crippen LogP contribution in [0.25, 0.3) is 22.2 Å². The van der Waals surface area contributed by atoms with Crippen molar-refractivity contribution in [1.29, 1.82) is 0 Å². The van der Waals surface area contributed by atoms with Crippen LogP contribution in [0.4, 0.5) is 17.5 Å². The summed E-state index contributed by atoms with van der Waals surface area (Å²) < 4.78 is 14.5. The molecular weight excluding hydrogens is 751 g/mol. The van der Waals surface area contributed by atoms with Crippen LogP contribution in [0.5, 0.6) is 5.75 Å². The van der Waals surface area contributed by atoms with Crippen molar-refractivity contribution in [2.45, 2.75) is 53.1 Å². The third-order valence-electron chi connectivity index (χ3n) is 8.85. The van der Waals surface area contributed by atoms with Crippen LogP contribution < -0.4 is 31.6 Å². The third kappa shape index (κ3) is 10.0. The molecule has 1 saturated heterocycles. The summed E-state index contributed by atoms with van der Waals surface area (Å²) in [7, 11) is 0.772. The van der Waals surface area contributed by atoms with E-state index in [4.69, 9.17) is 43.4 Å². The maximum atomic E-state index is 14.3. The van der Waals surface area contributed by atoms with E-state index < -0.39 is 27.4 Å². The van der Waals surface area contributed by atoms with E-state index in [2.05, 4.69) is 73.9 Å². The number of rotatable bonds is 13. The quantitative estimate of drug-likeness (QED) is 0.140. The summed E-state index contributed by atoms with van der Waals surface area (Å²) in [5, 5.41) is 7.05. The number of morpholine rings is 1. The van der Waals surface area contributed by atoms with E-state index in [1.807, 2.05) is 0 Å². The van der Waals surface area contributed by atoms with E-state index >= 15 is 0 Å². The van der Waals surface area contributed by atoms with Crippen LogP contribution in [0.3, 0.4) is 0 Å². The molecule has 5 rings (SSSR count). The van der Waals surface area contributed by atoms with E-state index in [1.165, 1.54) is 10.8 Å². The highest BCUT2D eigenvalue weighted by Gasteiger charge is 2.29. The van der Waals surface area contributed by atoms with Gasteiger partial charge in [0, 0.05) is 49.3 Å². The number of hydrogen-bond donors (Lipinski definition) is 3. The average Bonchev–Trinajstić information content (AvgIpc) is 3.41. The molecule has 0 saturated carbocycles. The van der Waals surface area contributed by atoms with Crippen molar-refractivity contribution in [1.82, 2.24) is 19.1 Å². The van der Waals surface area contributed by atoms with Gasteiger partial charge in [0.2, 0.25) is 11.9 Å². The van der Waals surface area contributed by atoms with Gasteiger partial charge in [0.1, 0.15) is 12.4 Å². The van der Waals surface area contributed by atoms with Crippen LogP contribution in [0, 0.1) is 5.41 Å². The number of carbonyl (C=O) groups is 2. The number of anilines is 3. The van der Waals surface area contributed by atoms with E-state index in [-0.39, 0.29) is 49.9 Å². The van der Waals surface area contributed by atoms with Gasteiger partial charge in [-0.05, 0) is 62.1 Å². The zero-order valence-corrected chi connectivity index (χ0v) is 34.9. The molecule has 2 amide bonds. The molecule has 4 aromatic rings. The molecule has 3 aromatic heterocycles. The Bertz CT molecular complexity index is 2110. The molecule has 0 spiro atoms. The van der Waals surface area contributed by atoms with Crippen LogP contribution in [0.15, 0.2) is 35.4 Å². The van der Waals surface area contributed by atoms with Gasteiger partial charge in [0.05, 0.1) is 52.7 Å². The van der Waals surface area contributed by atoms with Gasteiger partial charge in [0.15, 0.2) is 11.4 Å². The Balaban J connectivity index is 1.59. The van der Waals surface area contributed by atoms with Crippen LogP contribution in [-0.2, 0) is 23.1 Å². The minimum atomic E-state index is -0.872. The largest absolute Gasteiger partial charge is 0.490 e. The highest BCUT2D eigenvalue weighted by Crippen LogP contribution is 2.39. The molecule has 0 unspecified atom stereocenters. The van der Waals surface area contributed by atoms with E-state index in [9.17, 15) is 14.4 Å². The number of amides is 2. The van der Waals surface area contributed by atoms with Crippen LogP contribution >= 0.6 is 33.2 Å². The summed E-state index contributed by atoms with van der Waals surface area (Å²) in [6.45, 7) is 13.2. The fourth-order valence-corrected chi connectivity index (χ4v) is 7.75. The summed E-state index contributed by atoms with van der Waals surface area (Å²) in [6.07, 6.45) is 10.5. The van der Waals surface area contributed by atoms with Crippen LogP contribution in [0.2, 0.25) is 10.0 Å². The Morgan fingerprint density at radius 3 is 2.37 bits per heavy atom. The molecule has 0 atom stereocenters. The van der Waals surface area contributed by atoms with Crippen molar-refractivity contribution in [3.63, 3.8) is 0 Å². The minimum absolute atomic E-state index is 0.0119. The predicted octanol–water partition coefficient (Wildman–Crippen LogP) is 6.38. The molecule has 1 aromatic carbocycles. The molecule has 0 bridgehead atoms. The predicted molar refractivity (Wildman–Crippen MR) is 222 cm³/mol. The fourth-order valence-electron chi connectivity index (χ4n) is 6.75. The molecule has 1 aliphatic heterocycles. The number of carbonyl (C=O) groups excluding carboxylic acids is 2. The zero-order chi connectivity index (χ0) is 39.7. The Kier molecular flexibility index (Phi) is 12.2. The summed E-state index contributed by atoms with van der Waals surface area (Å²) >= 11 is 13.3. The number of fused-ring (bicyclic) bond motifs is 1. The highest BCUT2D eigenvalue weighted by molar-refractivity contribution is 8.32. The van der Waals surface area contributed by atoms with Crippen molar-refractivity contribution in [3.05, 3.63) is 56.6 Å². The number of benzene rings is 1. The van der Waals surface area contributed by atoms with Gasteiger partial charge in [-0.2, -0.15) is 4.98 Å². The van der Waals surface area contributed by atoms with Crippen LogP contribution in [-0.4, -0.2) is 93.9 Å². The lowest BCUT2D eigenvalue weighted by molar-refractivity contribution is -0.116. The molecular formula is C38H52Cl2N8O5S. The Labute approximate surface area is 328 Å². The Morgan fingerprint density at radius 2 is 1.74 bits per heavy atom. The van der Waals surface area contributed by atoms with E-state index in [0.29, 0.717) is 61.5 Å². The average molecular weight is 804 g/mol. The SMILES string of the molecule is Cn1c(NC(C)(C)CC(C)(C)C)nc2c(c(-c3cc(Cl)c(OCCS(C)(C)C)c(C(N)=O)c3)cn2CC(=O)Nc2cc(N3CCOCC3)ncc2Cl)c1=O. The highest BCUT2D eigenvalue weighted by atomic mass is 35.5. The maximum absolute atomic E-state index is 14.3. The Hall–Kier alpha value is -3.98. The zero-order valence-electron chi connectivity index (χ0n) is 32.6. The second-order valence-corrected chi connectivity index (χ2v) is 21.8. The molecule has 16 heteroatoms. The number of pyridine rings is 1. The molecule has 1 fully saturated rings. The van der Waals surface area contributed by atoms with Gasteiger partial charge in [-0.15, -0.1) is 0 Å². The van der Waals surface area contributed by atoms with Crippen LogP contribution in [0.1, 0.15) is 51.4 Å². The first-order chi connectivity index (χ1) is 25.1. The molecule has 1 aliphatic rings. The summed E-state index contributed by atoms with van der Waals surface area (Å²) in [6, 6.07) is 4.93. The standard InChI is InChI=1S/C38H52Cl2N8O5S/c1-37(2,3)22-38(4,5)45-36-44-34-31(35(51)46(36)6)25(23-16-24(33(41)50)32(26(39)17-23)53-14-15-54(7,8)9)20-48(34)21-30(49)43-28-18-29(42-19-27(28)40)47-10-12-52-13-11-47/h16-20H,10-15,21-22H2,1-9H3,(H2,41,50)(H,44,45)(H,42,43,49). The number of hydrogen-bond acceptors (Lipinski definition) is 9.